The van der Waals surface area contributed by atoms with Gasteiger partial charge in [-0.05, 0) is 12.1 Å². The summed E-state index contributed by atoms with van der Waals surface area (Å²) >= 11 is 5.88. The molecule has 2 rings (SSSR count). The Bertz CT molecular complexity index is 741. The van der Waals surface area contributed by atoms with Crippen LogP contribution in [0.4, 0.5) is 0 Å². The molecular weight excluding hydrogens is 306 g/mol. The zero-order valence-electron chi connectivity index (χ0n) is 10.5. The maximum atomic E-state index is 12.2. The molecule has 0 amide bonds. The smallest absolute Gasteiger partial charge is 0.306 e. The molecule has 0 radical (unpaired) electrons. The van der Waals surface area contributed by atoms with Crippen molar-refractivity contribution in [2.24, 2.45) is 0 Å². The van der Waals surface area contributed by atoms with Gasteiger partial charge in [-0.1, -0.05) is 17.7 Å². The summed E-state index contributed by atoms with van der Waals surface area (Å²) in [7, 11) is -2.63. The molecule has 0 fully saturated rings. The molecule has 9 heteroatoms. The maximum absolute atomic E-state index is 12.2. The molecule has 0 aliphatic carbocycles. The summed E-state index contributed by atoms with van der Waals surface area (Å²) < 4.78 is 32.5. The van der Waals surface area contributed by atoms with Crippen LogP contribution in [0.2, 0.25) is 5.15 Å². The number of halogens is 1. The summed E-state index contributed by atoms with van der Waals surface area (Å²) in [5.74, 6) is -0.503. The number of aromatic nitrogens is 2. The van der Waals surface area contributed by atoms with E-state index in [1.54, 1.807) is 24.4 Å². The number of fused-ring (bicyclic) bond motifs is 1. The van der Waals surface area contributed by atoms with Crippen molar-refractivity contribution in [3.63, 3.8) is 0 Å². The average molecular weight is 318 g/mol. The summed E-state index contributed by atoms with van der Waals surface area (Å²) in [5, 5.41) is -0.276. The number of sulfonamides is 1. The lowest BCUT2D eigenvalue weighted by Gasteiger charge is -2.06. The van der Waals surface area contributed by atoms with Crippen LogP contribution in [0, 0.1) is 0 Å². The van der Waals surface area contributed by atoms with Crippen LogP contribution < -0.4 is 4.72 Å². The predicted octanol–water partition coefficient (Wildman–Crippen LogP) is 0.829. The van der Waals surface area contributed by atoms with Gasteiger partial charge in [-0.25, -0.2) is 18.1 Å². The van der Waals surface area contributed by atoms with E-state index < -0.39 is 16.0 Å². The second-order valence-electron chi connectivity index (χ2n) is 3.86. The van der Waals surface area contributed by atoms with Crippen LogP contribution in [0.25, 0.3) is 5.65 Å². The van der Waals surface area contributed by atoms with E-state index in [4.69, 9.17) is 11.6 Å². The monoisotopic (exact) mass is 317 g/mol. The molecule has 0 aliphatic rings. The third-order valence-corrected chi connectivity index (χ3v) is 4.41. The summed E-state index contributed by atoms with van der Waals surface area (Å²) in [6, 6.07) is 5.03. The van der Waals surface area contributed by atoms with Crippen molar-refractivity contribution in [2.75, 3.05) is 13.7 Å². The van der Waals surface area contributed by atoms with Gasteiger partial charge in [0.05, 0.1) is 13.5 Å². The zero-order valence-corrected chi connectivity index (χ0v) is 12.1. The highest BCUT2D eigenvalue weighted by Crippen LogP contribution is 2.22. The lowest BCUT2D eigenvalue weighted by Crippen LogP contribution is -2.27. The number of rotatable bonds is 5. The van der Waals surface area contributed by atoms with Crippen molar-refractivity contribution in [3.8, 4) is 0 Å². The van der Waals surface area contributed by atoms with Crippen LogP contribution >= 0.6 is 11.6 Å². The van der Waals surface area contributed by atoms with Crippen molar-refractivity contribution >= 4 is 33.2 Å². The van der Waals surface area contributed by atoms with Gasteiger partial charge in [0.1, 0.15) is 5.65 Å². The molecular formula is C11H12ClN3O4S. The number of carbonyl (C=O) groups is 1. The lowest BCUT2D eigenvalue weighted by atomic mass is 10.4. The lowest BCUT2D eigenvalue weighted by molar-refractivity contribution is -0.140. The summed E-state index contributed by atoms with van der Waals surface area (Å²) in [4.78, 5) is 14.9. The predicted molar refractivity (Wildman–Crippen MR) is 72.0 cm³/mol. The van der Waals surface area contributed by atoms with Gasteiger partial charge in [-0.3, -0.25) is 9.20 Å². The molecule has 0 aromatic carbocycles. The molecule has 0 aliphatic heterocycles. The quantitative estimate of drug-likeness (QED) is 0.825. The molecule has 2 heterocycles. The molecule has 108 valence electrons. The number of pyridine rings is 1. The van der Waals surface area contributed by atoms with Crippen molar-refractivity contribution in [2.45, 2.75) is 11.4 Å². The number of carbonyl (C=O) groups excluding carboxylic acids is 1. The number of imidazole rings is 1. The molecule has 0 saturated carbocycles. The standard InChI is InChI=1S/C11H12ClN3O4S/c1-19-9(16)5-6-13-20(17,18)11-10(12)14-8-4-2-3-7-15(8)11/h2-4,7,13H,5-6H2,1H3. The first-order valence-corrected chi connectivity index (χ1v) is 7.51. The van der Waals surface area contributed by atoms with Gasteiger partial charge in [0.25, 0.3) is 10.0 Å². The highest BCUT2D eigenvalue weighted by atomic mass is 35.5. The molecule has 0 spiro atoms. The van der Waals surface area contributed by atoms with E-state index in [2.05, 4.69) is 14.4 Å². The highest BCUT2D eigenvalue weighted by molar-refractivity contribution is 7.89. The molecule has 0 bridgehead atoms. The fourth-order valence-corrected chi connectivity index (χ4v) is 3.31. The number of hydrogen-bond donors (Lipinski definition) is 1. The molecule has 20 heavy (non-hydrogen) atoms. The molecule has 7 nitrogen and oxygen atoms in total. The van der Waals surface area contributed by atoms with E-state index in [0.717, 1.165) is 0 Å². The Balaban J connectivity index is 2.28. The molecule has 0 atom stereocenters. The van der Waals surface area contributed by atoms with Crippen LogP contribution in [0.5, 0.6) is 0 Å². The minimum atomic E-state index is -3.87. The van der Waals surface area contributed by atoms with Crippen LogP contribution in [0.1, 0.15) is 6.42 Å². The van der Waals surface area contributed by atoms with E-state index in [1.807, 2.05) is 0 Å². The van der Waals surface area contributed by atoms with Crippen molar-refractivity contribution in [1.29, 1.82) is 0 Å². The summed E-state index contributed by atoms with van der Waals surface area (Å²) in [6.45, 7) is -0.0780. The van der Waals surface area contributed by atoms with E-state index in [9.17, 15) is 13.2 Å². The Labute approximate surface area is 120 Å². The fraction of sp³-hybridized carbons (Fsp3) is 0.273. The van der Waals surface area contributed by atoms with Gasteiger partial charge in [-0.2, -0.15) is 0 Å². The largest absolute Gasteiger partial charge is 0.469 e. The van der Waals surface area contributed by atoms with Gasteiger partial charge < -0.3 is 4.74 Å². The number of nitrogens with one attached hydrogen (secondary N) is 1. The van der Waals surface area contributed by atoms with Gasteiger partial charge in [0.15, 0.2) is 10.2 Å². The molecule has 2 aromatic heterocycles. The average Bonchev–Trinajstić information content (AvgIpc) is 2.74. The number of esters is 1. The Morgan fingerprint density at radius 3 is 2.95 bits per heavy atom. The molecule has 2 aromatic rings. The number of nitrogens with zero attached hydrogens (tertiary/aromatic N) is 2. The van der Waals surface area contributed by atoms with Crippen LogP contribution in [-0.4, -0.2) is 37.4 Å². The molecule has 0 saturated heterocycles. The van der Waals surface area contributed by atoms with Crippen LogP contribution in [0.15, 0.2) is 29.4 Å². The van der Waals surface area contributed by atoms with Gasteiger partial charge in [-0.15, -0.1) is 0 Å². The number of ether oxygens (including phenoxy) is 1. The van der Waals surface area contributed by atoms with E-state index in [0.29, 0.717) is 5.65 Å². The van der Waals surface area contributed by atoms with Crippen molar-refractivity contribution < 1.29 is 17.9 Å². The van der Waals surface area contributed by atoms with Crippen LogP contribution in [0.3, 0.4) is 0 Å². The highest BCUT2D eigenvalue weighted by Gasteiger charge is 2.24. The van der Waals surface area contributed by atoms with Gasteiger partial charge in [0.2, 0.25) is 0 Å². The zero-order chi connectivity index (χ0) is 14.8. The number of hydrogen-bond acceptors (Lipinski definition) is 5. The van der Waals surface area contributed by atoms with Gasteiger partial charge in [0, 0.05) is 12.7 Å². The Morgan fingerprint density at radius 2 is 2.25 bits per heavy atom. The minimum Gasteiger partial charge on any atom is -0.469 e. The topological polar surface area (TPSA) is 89.8 Å². The maximum Gasteiger partial charge on any atom is 0.306 e. The minimum absolute atomic E-state index is 0.0654. The number of methoxy groups -OCH3 is 1. The Hall–Kier alpha value is -1.64. The second-order valence-corrected chi connectivity index (χ2v) is 5.90. The third kappa shape index (κ3) is 2.92. The first kappa shape index (κ1) is 14.8. The van der Waals surface area contributed by atoms with Crippen molar-refractivity contribution in [1.82, 2.24) is 14.1 Å². The molecule has 1 N–H and O–H groups in total. The van der Waals surface area contributed by atoms with Crippen LogP contribution in [-0.2, 0) is 19.6 Å². The fourth-order valence-electron chi connectivity index (χ4n) is 1.64. The third-order valence-electron chi connectivity index (χ3n) is 2.55. The Morgan fingerprint density at radius 1 is 1.50 bits per heavy atom. The van der Waals surface area contributed by atoms with E-state index in [-0.39, 0.29) is 23.1 Å². The first-order chi connectivity index (χ1) is 9.45. The summed E-state index contributed by atoms with van der Waals surface area (Å²) in [5.41, 5.74) is 0.422. The SMILES string of the molecule is COC(=O)CCNS(=O)(=O)c1c(Cl)nc2ccccn12. The normalized spacial score (nSPS) is 11.7. The van der Waals surface area contributed by atoms with E-state index in [1.165, 1.54) is 11.5 Å². The second kappa shape index (κ2) is 5.78. The van der Waals surface area contributed by atoms with E-state index >= 15 is 0 Å². The Kier molecular flexibility index (Phi) is 4.26. The molecule has 0 unspecified atom stereocenters. The first-order valence-electron chi connectivity index (χ1n) is 5.65. The summed E-state index contributed by atoms with van der Waals surface area (Å²) in [6.07, 6.45) is 1.48. The van der Waals surface area contributed by atoms with Gasteiger partial charge >= 0.3 is 5.97 Å². The van der Waals surface area contributed by atoms with Crippen molar-refractivity contribution in [3.05, 3.63) is 29.5 Å².